The molecule has 5 nitrogen and oxygen atoms in total. The van der Waals surface area contributed by atoms with Crippen LogP contribution in [0.3, 0.4) is 0 Å². The van der Waals surface area contributed by atoms with Crippen LogP contribution in [0.2, 0.25) is 0 Å². The van der Waals surface area contributed by atoms with Crippen LogP contribution in [0.5, 0.6) is 0 Å². The summed E-state index contributed by atoms with van der Waals surface area (Å²) in [6.07, 6.45) is -1.48. The van der Waals surface area contributed by atoms with Crippen molar-refractivity contribution in [1.29, 1.82) is 0 Å². The van der Waals surface area contributed by atoms with Gasteiger partial charge in [-0.05, 0) is 44.4 Å². The number of alkyl halides is 3. The Morgan fingerprint density at radius 1 is 1.29 bits per heavy atom. The number of thioether (sulfide) groups is 1. The second-order valence-electron chi connectivity index (χ2n) is 7.68. The number of hydrogen-bond donors (Lipinski definition) is 1. The number of benzene rings is 1. The average molecular weight is 413 g/mol. The number of nitrogens with zero attached hydrogens (tertiary/aromatic N) is 2. The lowest BCUT2D eigenvalue weighted by atomic mass is 10.1. The first-order valence-corrected chi connectivity index (χ1v) is 10.4. The molecule has 0 radical (unpaired) electrons. The van der Waals surface area contributed by atoms with Gasteiger partial charge in [-0.25, -0.2) is 0 Å². The second-order valence-corrected chi connectivity index (χ2v) is 9.18. The van der Waals surface area contributed by atoms with Gasteiger partial charge in [0.1, 0.15) is 6.04 Å². The van der Waals surface area contributed by atoms with Gasteiger partial charge in [0.25, 0.3) is 0 Å². The van der Waals surface area contributed by atoms with Gasteiger partial charge in [-0.1, -0.05) is 0 Å². The Labute approximate surface area is 165 Å². The predicted octanol–water partition coefficient (Wildman–Crippen LogP) is 3.70. The van der Waals surface area contributed by atoms with E-state index < -0.39 is 28.6 Å². The number of anilines is 2. The molecule has 0 aromatic heterocycles. The summed E-state index contributed by atoms with van der Waals surface area (Å²) in [4.78, 5) is 28.4. The number of hydrogen-bond acceptors (Lipinski definition) is 4. The maximum atomic E-state index is 13.2. The highest BCUT2D eigenvalue weighted by atomic mass is 32.2. The Kier molecular flexibility index (Phi) is 4.76. The molecule has 0 saturated carbocycles. The summed E-state index contributed by atoms with van der Waals surface area (Å²) >= 11 is 1.56. The SMILES string of the molecule is C[C@@]12CCC(=O)N1[C@@H](C(=O)Nc1cc(C(F)(F)F)ccc1N1CCCC1)CS2. The number of nitrogens with one attached hydrogen (secondary N) is 1. The van der Waals surface area contributed by atoms with E-state index >= 15 is 0 Å². The van der Waals surface area contributed by atoms with Crippen LogP contribution in [0, 0.1) is 0 Å². The van der Waals surface area contributed by atoms with Crippen molar-refractivity contribution in [3.63, 3.8) is 0 Å². The van der Waals surface area contributed by atoms with Gasteiger partial charge >= 0.3 is 6.18 Å². The predicted molar refractivity (Wildman–Crippen MR) is 102 cm³/mol. The summed E-state index contributed by atoms with van der Waals surface area (Å²) in [6.45, 7) is 3.43. The lowest BCUT2D eigenvalue weighted by Crippen LogP contribution is -2.48. The highest BCUT2D eigenvalue weighted by molar-refractivity contribution is 8.01. The second kappa shape index (κ2) is 6.86. The Morgan fingerprint density at radius 2 is 2.00 bits per heavy atom. The van der Waals surface area contributed by atoms with E-state index in [1.165, 1.54) is 6.07 Å². The van der Waals surface area contributed by atoms with E-state index in [0.717, 1.165) is 38.1 Å². The third kappa shape index (κ3) is 3.33. The number of halogens is 3. The van der Waals surface area contributed by atoms with Crippen molar-refractivity contribution in [2.24, 2.45) is 0 Å². The third-order valence-corrected chi connectivity index (χ3v) is 7.28. The number of carbonyl (C=O) groups is 2. The fourth-order valence-electron chi connectivity index (χ4n) is 4.28. The van der Waals surface area contributed by atoms with Crippen LogP contribution in [-0.2, 0) is 15.8 Å². The number of rotatable bonds is 3. The average Bonchev–Trinajstić information content (AvgIpc) is 3.32. The molecule has 152 valence electrons. The topological polar surface area (TPSA) is 52.7 Å². The number of amides is 2. The molecule has 0 bridgehead atoms. The van der Waals surface area contributed by atoms with Crippen LogP contribution < -0.4 is 10.2 Å². The molecule has 0 aliphatic carbocycles. The van der Waals surface area contributed by atoms with Crippen LogP contribution in [0.15, 0.2) is 18.2 Å². The maximum absolute atomic E-state index is 13.2. The first-order valence-electron chi connectivity index (χ1n) is 9.42. The minimum absolute atomic E-state index is 0.0727. The molecule has 3 fully saturated rings. The fourth-order valence-corrected chi connectivity index (χ4v) is 5.71. The normalized spacial score (nSPS) is 27.4. The fraction of sp³-hybridized carbons (Fsp3) is 0.579. The van der Waals surface area contributed by atoms with Crippen molar-refractivity contribution < 1.29 is 22.8 Å². The van der Waals surface area contributed by atoms with Gasteiger partial charge < -0.3 is 15.1 Å². The summed E-state index contributed by atoms with van der Waals surface area (Å²) in [7, 11) is 0. The molecule has 4 rings (SSSR count). The Bertz CT molecular complexity index is 810. The van der Waals surface area contributed by atoms with Crippen molar-refractivity contribution in [3.05, 3.63) is 23.8 Å². The van der Waals surface area contributed by atoms with E-state index in [4.69, 9.17) is 0 Å². The van der Waals surface area contributed by atoms with Gasteiger partial charge in [0.05, 0.1) is 21.8 Å². The van der Waals surface area contributed by atoms with Gasteiger partial charge in [0.15, 0.2) is 0 Å². The van der Waals surface area contributed by atoms with Crippen LogP contribution in [-0.4, -0.2) is 46.5 Å². The number of fused-ring (bicyclic) bond motifs is 1. The molecule has 28 heavy (non-hydrogen) atoms. The Hall–Kier alpha value is -1.90. The first-order chi connectivity index (χ1) is 13.2. The highest BCUT2D eigenvalue weighted by Crippen LogP contribution is 2.47. The monoisotopic (exact) mass is 413 g/mol. The van der Waals surface area contributed by atoms with Crippen LogP contribution >= 0.6 is 11.8 Å². The van der Waals surface area contributed by atoms with Crippen LogP contribution in [0.25, 0.3) is 0 Å². The largest absolute Gasteiger partial charge is 0.416 e. The van der Waals surface area contributed by atoms with Crippen LogP contribution in [0.1, 0.15) is 38.2 Å². The van der Waals surface area contributed by atoms with Crippen molar-refractivity contribution in [1.82, 2.24) is 4.90 Å². The quantitative estimate of drug-likeness (QED) is 0.821. The van der Waals surface area contributed by atoms with Gasteiger partial charge in [-0.2, -0.15) is 13.2 Å². The number of carbonyl (C=O) groups excluding carboxylic acids is 2. The van der Waals surface area contributed by atoms with E-state index in [0.29, 0.717) is 24.3 Å². The Balaban J connectivity index is 1.62. The zero-order chi connectivity index (χ0) is 20.1. The summed E-state index contributed by atoms with van der Waals surface area (Å²) in [5, 5.41) is 2.70. The van der Waals surface area contributed by atoms with E-state index in [-0.39, 0.29) is 11.6 Å². The third-order valence-electron chi connectivity index (χ3n) is 5.78. The molecule has 2 atom stereocenters. The summed E-state index contributed by atoms with van der Waals surface area (Å²) in [6, 6.07) is 2.82. The molecule has 1 aromatic carbocycles. The van der Waals surface area contributed by atoms with Crippen molar-refractivity contribution in [3.8, 4) is 0 Å². The van der Waals surface area contributed by atoms with E-state index in [2.05, 4.69) is 5.32 Å². The van der Waals surface area contributed by atoms with E-state index in [9.17, 15) is 22.8 Å². The van der Waals surface area contributed by atoms with Crippen molar-refractivity contribution in [2.75, 3.05) is 29.1 Å². The molecule has 3 aliphatic rings. The van der Waals surface area contributed by atoms with Gasteiger partial charge in [0, 0.05) is 25.3 Å². The molecule has 3 aliphatic heterocycles. The molecule has 2 amide bonds. The maximum Gasteiger partial charge on any atom is 0.416 e. The molecule has 9 heteroatoms. The van der Waals surface area contributed by atoms with Crippen molar-refractivity contribution in [2.45, 2.75) is 49.7 Å². The van der Waals surface area contributed by atoms with E-state index in [1.807, 2.05) is 11.8 Å². The lowest BCUT2D eigenvalue weighted by Gasteiger charge is -2.30. The minimum Gasteiger partial charge on any atom is -0.370 e. The molecule has 1 N–H and O–H groups in total. The smallest absolute Gasteiger partial charge is 0.370 e. The molecular formula is C19H22F3N3O2S. The standard InChI is InChI=1S/C19H22F3N3O2S/c1-18-7-6-16(26)25(18)15(11-28-18)17(27)23-13-10-12(19(20,21)22)4-5-14(13)24-8-2-3-9-24/h4-5,10,15H,2-3,6-9,11H2,1H3,(H,23,27)/t15-,18-/m1/s1. The highest BCUT2D eigenvalue weighted by Gasteiger charge is 2.53. The molecular weight excluding hydrogens is 391 g/mol. The molecule has 3 saturated heterocycles. The summed E-state index contributed by atoms with van der Waals surface area (Å²) < 4.78 is 39.6. The van der Waals surface area contributed by atoms with Crippen molar-refractivity contribution >= 4 is 35.0 Å². The molecule has 0 unspecified atom stereocenters. The van der Waals surface area contributed by atoms with Gasteiger partial charge in [-0.15, -0.1) is 11.8 Å². The summed E-state index contributed by atoms with van der Waals surface area (Å²) in [5.41, 5.74) is -0.0411. The lowest BCUT2D eigenvalue weighted by molar-refractivity contribution is -0.137. The summed E-state index contributed by atoms with van der Waals surface area (Å²) in [5.74, 6) is -0.0470. The van der Waals surface area contributed by atoms with E-state index in [1.54, 1.807) is 16.7 Å². The van der Waals surface area contributed by atoms with Gasteiger partial charge in [0.2, 0.25) is 11.8 Å². The zero-order valence-electron chi connectivity index (χ0n) is 15.5. The zero-order valence-corrected chi connectivity index (χ0v) is 16.3. The molecule has 0 spiro atoms. The van der Waals surface area contributed by atoms with Crippen LogP contribution in [0.4, 0.5) is 24.5 Å². The Morgan fingerprint density at radius 3 is 2.68 bits per heavy atom. The molecule has 1 aromatic rings. The first kappa shape index (κ1) is 19.4. The minimum atomic E-state index is -4.49. The molecule has 3 heterocycles. The van der Waals surface area contributed by atoms with Gasteiger partial charge in [-0.3, -0.25) is 9.59 Å².